The molecule has 0 aliphatic heterocycles. The second kappa shape index (κ2) is 6.01. The van der Waals surface area contributed by atoms with Gasteiger partial charge in [-0.05, 0) is 30.3 Å². The molecule has 0 saturated heterocycles. The first-order valence-corrected chi connectivity index (χ1v) is 7.99. The predicted molar refractivity (Wildman–Crippen MR) is 84.7 cm³/mol. The third kappa shape index (κ3) is 3.34. The van der Waals surface area contributed by atoms with Crippen LogP contribution in [0.15, 0.2) is 41.3 Å². The molecule has 3 N–H and O–H groups in total. The highest BCUT2D eigenvalue weighted by molar-refractivity contribution is 7.93. The Kier molecular flexibility index (Phi) is 4.51. The zero-order valence-corrected chi connectivity index (χ0v) is 13.3. The Morgan fingerprint density at radius 2 is 1.76 bits per heavy atom. The van der Waals surface area contributed by atoms with Crippen molar-refractivity contribution in [1.29, 1.82) is 0 Å². The van der Waals surface area contributed by atoms with Gasteiger partial charge in [-0.1, -0.05) is 29.3 Å². The van der Waals surface area contributed by atoms with E-state index in [1.54, 1.807) is 18.2 Å². The van der Waals surface area contributed by atoms with Crippen LogP contribution >= 0.6 is 23.2 Å². The maximum absolute atomic E-state index is 12.4. The molecule has 0 bridgehead atoms. The van der Waals surface area contributed by atoms with Gasteiger partial charge in [0, 0.05) is 5.69 Å². The van der Waals surface area contributed by atoms with Crippen LogP contribution in [-0.4, -0.2) is 15.5 Å². The summed E-state index contributed by atoms with van der Waals surface area (Å²) in [6.45, 7) is 0. The van der Waals surface area contributed by atoms with Gasteiger partial charge >= 0.3 is 0 Å². The van der Waals surface area contributed by atoms with Crippen LogP contribution < -0.4 is 15.2 Å². The maximum atomic E-state index is 12.4. The molecular weight excluding hydrogens is 335 g/mol. The van der Waals surface area contributed by atoms with Gasteiger partial charge in [0.25, 0.3) is 10.0 Å². The number of hydrogen-bond donors (Lipinski definition) is 2. The van der Waals surface area contributed by atoms with E-state index in [2.05, 4.69) is 4.72 Å². The Morgan fingerprint density at radius 1 is 1.14 bits per heavy atom. The van der Waals surface area contributed by atoms with E-state index in [0.29, 0.717) is 11.4 Å². The van der Waals surface area contributed by atoms with Crippen LogP contribution in [0, 0.1) is 0 Å². The average Bonchev–Trinajstić information content (AvgIpc) is 2.37. The van der Waals surface area contributed by atoms with Crippen LogP contribution in [0.25, 0.3) is 0 Å². The Bertz CT molecular complexity index is 759. The number of nitrogens with one attached hydrogen (secondary N) is 1. The van der Waals surface area contributed by atoms with Crippen LogP contribution in [-0.2, 0) is 10.0 Å². The van der Waals surface area contributed by atoms with Crippen LogP contribution in [0.1, 0.15) is 0 Å². The molecule has 112 valence electrons. The molecule has 0 radical (unpaired) electrons. The van der Waals surface area contributed by atoms with Crippen molar-refractivity contribution in [3.05, 3.63) is 46.4 Å². The van der Waals surface area contributed by atoms with E-state index < -0.39 is 10.0 Å². The van der Waals surface area contributed by atoms with E-state index in [4.69, 9.17) is 33.7 Å². The van der Waals surface area contributed by atoms with Crippen molar-refractivity contribution in [2.45, 2.75) is 4.90 Å². The lowest BCUT2D eigenvalue weighted by atomic mass is 10.2. The van der Waals surface area contributed by atoms with E-state index in [-0.39, 0.29) is 20.6 Å². The number of anilines is 2. The fourth-order valence-corrected chi connectivity index (χ4v) is 3.95. The molecule has 0 fully saturated rings. The monoisotopic (exact) mass is 346 g/mol. The second-order valence-corrected chi connectivity index (χ2v) is 6.55. The van der Waals surface area contributed by atoms with Gasteiger partial charge in [0.2, 0.25) is 0 Å². The second-order valence-electron chi connectivity index (χ2n) is 4.12. The van der Waals surface area contributed by atoms with Crippen molar-refractivity contribution in [3.8, 4) is 5.75 Å². The molecule has 5 nitrogen and oxygen atoms in total. The maximum Gasteiger partial charge on any atom is 0.265 e. The standard InChI is InChI=1S/C13H12Cl2N2O3S/c1-20-12-6-5-8(16)7-11(12)17-21(18,19)13-9(14)3-2-4-10(13)15/h2-7,17H,16H2,1H3. The molecule has 0 atom stereocenters. The molecule has 0 unspecified atom stereocenters. The smallest absolute Gasteiger partial charge is 0.265 e. The highest BCUT2D eigenvalue weighted by Crippen LogP contribution is 2.33. The molecule has 2 aromatic rings. The first-order chi connectivity index (χ1) is 9.85. The summed E-state index contributed by atoms with van der Waals surface area (Å²) in [5.74, 6) is 0.330. The van der Waals surface area contributed by atoms with E-state index >= 15 is 0 Å². The van der Waals surface area contributed by atoms with Crippen molar-refractivity contribution in [2.75, 3.05) is 17.6 Å². The summed E-state index contributed by atoms with van der Waals surface area (Å²) >= 11 is 11.9. The summed E-state index contributed by atoms with van der Waals surface area (Å²) in [7, 11) is -2.55. The van der Waals surface area contributed by atoms with E-state index in [9.17, 15) is 8.42 Å². The lowest BCUT2D eigenvalue weighted by molar-refractivity contribution is 0.417. The van der Waals surface area contributed by atoms with Crippen molar-refractivity contribution in [3.63, 3.8) is 0 Å². The third-order valence-corrected chi connectivity index (χ3v) is 4.98. The van der Waals surface area contributed by atoms with Crippen molar-refractivity contribution in [2.24, 2.45) is 0 Å². The van der Waals surface area contributed by atoms with Crippen LogP contribution in [0.3, 0.4) is 0 Å². The number of methoxy groups -OCH3 is 1. The minimum Gasteiger partial charge on any atom is -0.495 e. The number of benzene rings is 2. The molecule has 0 aliphatic carbocycles. The Labute approximate surface area is 132 Å². The molecular formula is C13H12Cl2N2O3S. The SMILES string of the molecule is COc1ccc(N)cc1NS(=O)(=O)c1c(Cl)cccc1Cl. The van der Waals surface area contributed by atoms with Gasteiger partial charge < -0.3 is 10.5 Å². The van der Waals surface area contributed by atoms with Gasteiger partial charge in [0.05, 0.1) is 22.8 Å². The van der Waals surface area contributed by atoms with Gasteiger partial charge in [-0.25, -0.2) is 8.42 Å². The van der Waals surface area contributed by atoms with Crippen molar-refractivity contribution < 1.29 is 13.2 Å². The van der Waals surface area contributed by atoms with Gasteiger partial charge in [0.1, 0.15) is 10.6 Å². The minimum absolute atomic E-state index is 0.0258. The molecule has 0 spiro atoms. The largest absolute Gasteiger partial charge is 0.495 e. The van der Waals surface area contributed by atoms with Crippen LogP contribution in [0.4, 0.5) is 11.4 Å². The Hall–Kier alpha value is -1.63. The third-order valence-electron chi connectivity index (χ3n) is 2.66. The quantitative estimate of drug-likeness (QED) is 0.831. The number of sulfonamides is 1. The number of nitrogen functional groups attached to an aromatic ring is 1. The highest BCUT2D eigenvalue weighted by Gasteiger charge is 2.23. The molecule has 0 amide bonds. The molecule has 2 rings (SSSR count). The summed E-state index contributed by atoms with van der Waals surface area (Å²) in [6, 6.07) is 9.05. The lowest BCUT2D eigenvalue weighted by Crippen LogP contribution is -2.15. The van der Waals surface area contributed by atoms with Crippen LogP contribution in [0.5, 0.6) is 5.75 Å². The van der Waals surface area contributed by atoms with Gasteiger partial charge in [-0.15, -0.1) is 0 Å². The first kappa shape index (κ1) is 15.8. The zero-order chi connectivity index (χ0) is 15.6. The summed E-state index contributed by atoms with van der Waals surface area (Å²) in [5, 5.41) is 0.0516. The minimum atomic E-state index is -3.97. The molecule has 21 heavy (non-hydrogen) atoms. The van der Waals surface area contributed by atoms with Gasteiger partial charge in [-0.3, -0.25) is 4.72 Å². The number of rotatable bonds is 4. The number of nitrogens with two attached hydrogens (primary N) is 1. The number of hydrogen-bond acceptors (Lipinski definition) is 4. The van der Waals surface area contributed by atoms with Gasteiger partial charge in [-0.2, -0.15) is 0 Å². The molecule has 0 heterocycles. The topological polar surface area (TPSA) is 81.4 Å². The summed E-state index contributed by atoms with van der Waals surface area (Å²) in [6.07, 6.45) is 0. The van der Waals surface area contributed by atoms with E-state index in [1.165, 1.54) is 25.3 Å². The van der Waals surface area contributed by atoms with E-state index in [0.717, 1.165) is 0 Å². The number of halogens is 2. The molecule has 8 heteroatoms. The molecule has 0 aromatic heterocycles. The Morgan fingerprint density at radius 3 is 2.33 bits per heavy atom. The normalized spacial score (nSPS) is 11.2. The fraction of sp³-hybridized carbons (Fsp3) is 0.0769. The molecule has 0 saturated carbocycles. The summed E-state index contributed by atoms with van der Waals surface area (Å²) in [4.78, 5) is -0.196. The Balaban J connectivity index is 2.50. The zero-order valence-electron chi connectivity index (χ0n) is 10.9. The lowest BCUT2D eigenvalue weighted by Gasteiger charge is -2.14. The first-order valence-electron chi connectivity index (χ1n) is 5.75. The van der Waals surface area contributed by atoms with E-state index in [1.807, 2.05) is 0 Å². The van der Waals surface area contributed by atoms with Crippen LogP contribution in [0.2, 0.25) is 10.0 Å². The highest BCUT2D eigenvalue weighted by atomic mass is 35.5. The molecule has 2 aromatic carbocycles. The average molecular weight is 347 g/mol. The summed E-state index contributed by atoms with van der Waals surface area (Å²) < 4.78 is 32.4. The number of ether oxygens (including phenoxy) is 1. The van der Waals surface area contributed by atoms with Crippen molar-refractivity contribution >= 4 is 44.6 Å². The van der Waals surface area contributed by atoms with Crippen molar-refractivity contribution in [1.82, 2.24) is 0 Å². The molecule has 0 aliphatic rings. The van der Waals surface area contributed by atoms with Gasteiger partial charge in [0.15, 0.2) is 0 Å². The fourth-order valence-electron chi connectivity index (χ4n) is 1.74. The summed E-state index contributed by atoms with van der Waals surface area (Å²) in [5.41, 5.74) is 6.25. The predicted octanol–water partition coefficient (Wildman–Crippen LogP) is 3.39.